The highest BCUT2D eigenvalue weighted by Gasteiger charge is 2.15. The molecule has 19 heavy (non-hydrogen) atoms. The first-order chi connectivity index (χ1) is 8.90. The largest absolute Gasteiger partial charge is 0.312 e. The smallest absolute Gasteiger partial charge is 0.175 e. The third-order valence-electron chi connectivity index (χ3n) is 3.36. The Labute approximate surface area is 121 Å². The van der Waals surface area contributed by atoms with Crippen LogP contribution in [0, 0.1) is 5.92 Å². The summed E-state index contributed by atoms with van der Waals surface area (Å²) < 4.78 is 23.5. The lowest BCUT2D eigenvalue weighted by atomic mass is 10.0. The van der Waals surface area contributed by atoms with Crippen molar-refractivity contribution < 1.29 is 8.42 Å². The number of benzene rings is 1. The van der Waals surface area contributed by atoms with E-state index >= 15 is 0 Å². The summed E-state index contributed by atoms with van der Waals surface area (Å²) in [5, 5.41) is 3.81. The zero-order chi connectivity index (χ0) is 14.5. The first-order valence-electron chi connectivity index (χ1n) is 6.58. The first kappa shape index (κ1) is 16.5. The summed E-state index contributed by atoms with van der Waals surface area (Å²) in [6.45, 7) is 5.68. The number of nitrogens with one attached hydrogen (secondary N) is 1. The molecule has 1 rings (SSSR count). The lowest BCUT2D eigenvalue weighted by Gasteiger charge is -2.15. The van der Waals surface area contributed by atoms with Gasteiger partial charge < -0.3 is 5.32 Å². The minimum atomic E-state index is -3.24. The molecule has 0 atom stereocenters. The molecule has 0 radical (unpaired) electrons. The van der Waals surface area contributed by atoms with Gasteiger partial charge in [0.05, 0.1) is 4.90 Å². The predicted octanol–water partition coefficient (Wildman–Crippen LogP) is 3.27. The molecule has 0 unspecified atom stereocenters. The van der Waals surface area contributed by atoms with Crippen molar-refractivity contribution in [2.75, 3.05) is 12.8 Å². The lowest BCUT2D eigenvalue weighted by Crippen LogP contribution is -2.23. The third kappa shape index (κ3) is 4.79. The molecule has 1 N–H and O–H groups in total. The number of sulfone groups is 1. The van der Waals surface area contributed by atoms with E-state index in [2.05, 4.69) is 19.2 Å². The fourth-order valence-electron chi connectivity index (χ4n) is 2.04. The highest BCUT2D eigenvalue weighted by molar-refractivity contribution is 7.90. The van der Waals surface area contributed by atoms with Gasteiger partial charge in [-0.15, -0.1) is 0 Å². The number of halogens is 1. The van der Waals surface area contributed by atoms with Gasteiger partial charge in [0.1, 0.15) is 0 Å². The number of hydrogen-bond donors (Lipinski definition) is 1. The monoisotopic (exact) mass is 303 g/mol. The summed E-state index contributed by atoms with van der Waals surface area (Å²) in [7, 11) is -3.24. The second-order valence-electron chi connectivity index (χ2n) is 4.80. The van der Waals surface area contributed by atoms with Crippen LogP contribution >= 0.6 is 11.6 Å². The van der Waals surface area contributed by atoms with Gasteiger partial charge in [0.25, 0.3) is 0 Å². The Balaban J connectivity index is 2.83. The van der Waals surface area contributed by atoms with E-state index in [0.29, 0.717) is 27.9 Å². The highest BCUT2D eigenvalue weighted by Crippen LogP contribution is 2.24. The molecule has 1 aromatic rings. The van der Waals surface area contributed by atoms with Gasteiger partial charge in [-0.2, -0.15) is 0 Å². The summed E-state index contributed by atoms with van der Waals surface area (Å²) in [6.07, 6.45) is 3.44. The Morgan fingerprint density at radius 3 is 2.42 bits per heavy atom. The maximum absolute atomic E-state index is 11.7. The summed E-state index contributed by atoms with van der Waals surface area (Å²) in [6, 6.07) is 5.00. The van der Waals surface area contributed by atoms with Crippen molar-refractivity contribution in [3.63, 3.8) is 0 Å². The average molecular weight is 304 g/mol. The Bertz CT molecular complexity index is 510. The Morgan fingerprint density at radius 1 is 1.26 bits per heavy atom. The molecule has 0 bridgehead atoms. The second kappa shape index (κ2) is 7.27. The van der Waals surface area contributed by atoms with Crippen LogP contribution in [0.25, 0.3) is 0 Å². The fourth-order valence-corrected chi connectivity index (χ4v) is 3.29. The second-order valence-corrected chi connectivity index (χ2v) is 7.19. The molecular weight excluding hydrogens is 282 g/mol. The van der Waals surface area contributed by atoms with E-state index in [9.17, 15) is 8.42 Å². The Morgan fingerprint density at radius 2 is 1.89 bits per heavy atom. The number of rotatable bonds is 7. The van der Waals surface area contributed by atoms with Crippen LogP contribution in [0.5, 0.6) is 0 Å². The fraction of sp³-hybridized carbons (Fsp3) is 0.571. The van der Waals surface area contributed by atoms with Gasteiger partial charge in [-0.3, -0.25) is 0 Å². The van der Waals surface area contributed by atoms with Crippen LogP contribution < -0.4 is 5.32 Å². The molecule has 0 spiro atoms. The topological polar surface area (TPSA) is 46.2 Å². The van der Waals surface area contributed by atoms with E-state index in [1.54, 1.807) is 18.2 Å². The molecule has 0 aromatic heterocycles. The van der Waals surface area contributed by atoms with Gasteiger partial charge >= 0.3 is 0 Å². The van der Waals surface area contributed by atoms with Crippen molar-refractivity contribution in [3.05, 3.63) is 28.8 Å². The predicted molar refractivity (Wildman–Crippen MR) is 80.3 cm³/mol. The van der Waals surface area contributed by atoms with E-state index in [1.165, 1.54) is 6.26 Å². The maximum Gasteiger partial charge on any atom is 0.175 e. The third-order valence-corrected chi connectivity index (χ3v) is 4.90. The van der Waals surface area contributed by atoms with Crippen LogP contribution in [0.2, 0.25) is 5.02 Å². The quantitative estimate of drug-likeness (QED) is 0.841. The van der Waals surface area contributed by atoms with Gasteiger partial charge in [0, 0.05) is 23.4 Å². The van der Waals surface area contributed by atoms with Crippen LogP contribution in [0.15, 0.2) is 23.1 Å². The number of hydrogen-bond acceptors (Lipinski definition) is 3. The van der Waals surface area contributed by atoms with Crippen LogP contribution in [0.4, 0.5) is 0 Å². The molecule has 3 nitrogen and oxygen atoms in total. The molecule has 0 aliphatic heterocycles. The van der Waals surface area contributed by atoms with E-state index in [0.717, 1.165) is 19.4 Å². The van der Waals surface area contributed by atoms with Crippen molar-refractivity contribution in [3.8, 4) is 0 Å². The first-order valence-corrected chi connectivity index (χ1v) is 8.85. The SMILES string of the molecule is CCC(CC)CNCc1c(Cl)cccc1S(C)(=O)=O. The molecule has 0 amide bonds. The zero-order valence-corrected chi connectivity index (χ0v) is 13.3. The molecule has 0 heterocycles. The van der Waals surface area contributed by atoms with E-state index in [-0.39, 0.29) is 0 Å². The normalized spacial score (nSPS) is 12.1. The molecule has 0 fully saturated rings. The summed E-state index contributed by atoms with van der Waals surface area (Å²) in [5.74, 6) is 0.615. The van der Waals surface area contributed by atoms with Crippen molar-refractivity contribution in [2.45, 2.75) is 38.1 Å². The molecule has 108 valence electrons. The van der Waals surface area contributed by atoms with Crippen LogP contribution in [-0.4, -0.2) is 21.2 Å². The van der Waals surface area contributed by atoms with E-state index < -0.39 is 9.84 Å². The summed E-state index contributed by atoms with van der Waals surface area (Å²) in [4.78, 5) is 0.317. The highest BCUT2D eigenvalue weighted by atomic mass is 35.5. The maximum atomic E-state index is 11.7. The van der Waals surface area contributed by atoms with Gasteiger partial charge in [0.2, 0.25) is 0 Å². The van der Waals surface area contributed by atoms with Gasteiger partial charge in [-0.05, 0) is 24.6 Å². The van der Waals surface area contributed by atoms with Crippen molar-refractivity contribution >= 4 is 21.4 Å². The Kier molecular flexibility index (Phi) is 6.30. The van der Waals surface area contributed by atoms with E-state index in [4.69, 9.17) is 11.6 Å². The molecule has 1 aromatic carbocycles. The summed E-state index contributed by atoms with van der Waals surface area (Å²) >= 11 is 6.11. The molecular formula is C14H22ClNO2S. The van der Waals surface area contributed by atoms with Crippen LogP contribution in [0.1, 0.15) is 32.3 Å². The van der Waals surface area contributed by atoms with Crippen molar-refractivity contribution in [1.29, 1.82) is 0 Å². The summed E-state index contributed by atoms with van der Waals surface area (Å²) in [5.41, 5.74) is 0.664. The molecule has 0 aliphatic rings. The van der Waals surface area contributed by atoms with E-state index in [1.807, 2.05) is 0 Å². The Hall–Kier alpha value is -0.580. The van der Waals surface area contributed by atoms with Crippen molar-refractivity contribution in [2.24, 2.45) is 5.92 Å². The minimum Gasteiger partial charge on any atom is -0.312 e. The standard InChI is InChI=1S/C14H22ClNO2S/c1-4-11(5-2)9-16-10-12-13(15)7-6-8-14(12)19(3,17)18/h6-8,11,16H,4-5,9-10H2,1-3H3. The molecule has 5 heteroatoms. The van der Waals surface area contributed by atoms with Gasteiger partial charge in [-0.25, -0.2) is 8.42 Å². The van der Waals surface area contributed by atoms with Crippen LogP contribution in [0.3, 0.4) is 0 Å². The minimum absolute atomic E-state index is 0.317. The molecule has 0 saturated heterocycles. The lowest BCUT2D eigenvalue weighted by molar-refractivity contribution is 0.448. The van der Waals surface area contributed by atoms with Gasteiger partial charge in [-0.1, -0.05) is 44.4 Å². The van der Waals surface area contributed by atoms with Gasteiger partial charge in [0.15, 0.2) is 9.84 Å². The molecule has 0 aliphatic carbocycles. The van der Waals surface area contributed by atoms with Crippen molar-refractivity contribution in [1.82, 2.24) is 5.32 Å². The van der Waals surface area contributed by atoms with Crippen LogP contribution in [-0.2, 0) is 16.4 Å². The average Bonchev–Trinajstić information content (AvgIpc) is 2.35. The molecule has 0 saturated carbocycles. The zero-order valence-electron chi connectivity index (χ0n) is 11.7.